The fourth-order valence-electron chi connectivity index (χ4n) is 2.62. The van der Waals surface area contributed by atoms with Gasteiger partial charge in [0.25, 0.3) is 0 Å². The largest absolute Gasteiger partial charge is 0.377 e. The number of amides is 1. The predicted molar refractivity (Wildman–Crippen MR) is 81.3 cm³/mol. The highest BCUT2D eigenvalue weighted by molar-refractivity contribution is 5.76. The van der Waals surface area contributed by atoms with Crippen LogP contribution >= 0.6 is 0 Å². The number of carbonyl (C=O) groups is 1. The molecule has 0 aliphatic carbocycles. The van der Waals surface area contributed by atoms with Gasteiger partial charge in [-0.05, 0) is 13.0 Å². The highest BCUT2D eigenvalue weighted by Gasteiger charge is 2.37. The van der Waals surface area contributed by atoms with E-state index in [1.807, 2.05) is 13.0 Å². The van der Waals surface area contributed by atoms with Gasteiger partial charge < -0.3 is 14.8 Å². The summed E-state index contributed by atoms with van der Waals surface area (Å²) in [5.41, 5.74) is 0.331. The zero-order valence-electron chi connectivity index (χ0n) is 13.5. The van der Waals surface area contributed by atoms with Gasteiger partial charge in [-0.3, -0.25) is 9.69 Å². The Balaban J connectivity index is 2.09. The molecule has 1 saturated heterocycles. The van der Waals surface area contributed by atoms with Crippen molar-refractivity contribution in [3.63, 3.8) is 0 Å². The molecule has 122 valence electrons. The number of aromatic nitrogens is 2. The maximum absolute atomic E-state index is 11.8. The van der Waals surface area contributed by atoms with Crippen LogP contribution in [0.3, 0.4) is 0 Å². The Kier molecular flexibility index (Phi) is 5.82. The molecule has 0 spiro atoms. The number of ether oxygens (including phenoxy) is 2. The number of hydrogen-bond donors (Lipinski definition) is 1. The number of rotatable bonds is 5. The maximum atomic E-state index is 11.8. The lowest BCUT2D eigenvalue weighted by Gasteiger charge is -2.33. The third-order valence-corrected chi connectivity index (χ3v) is 3.84. The van der Waals surface area contributed by atoms with Crippen molar-refractivity contribution in [2.45, 2.75) is 25.5 Å². The summed E-state index contributed by atoms with van der Waals surface area (Å²) in [5.74, 6) is 0.706. The summed E-state index contributed by atoms with van der Waals surface area (Å²) >= 11 is 0. The Morgan fingerprint density at radius 1 is 1.59 bits per heavy atom. The highest BCUT2D eigenvalue weighted by atomic mass is 16.5. The standard InChI is InChI=1S/C15H24N4O3/c1-12-17-5-4-13(18-12)9-19-6-7-22-11-15(10-19,21-3)8-14(20)16-2/h4-5H,6-11H2,1-3H3,(H,16,20)/t15-/m0/s1. The molecule has 1 aromatic heterocycles. The molecule has 0 bridgehead atoms. The molecule has 7 nitrogen and oxygen atoms in total. The Morgan fingerprint density at radius 3 is 3.09 bits per heavy atom. The van der Waals surface area contributed by atoms with Gasteiger partial charge in [0.1, 0.15) is 11.4 Å². The summed E-state index contributed by atoms with van der Waals surface area (Å²) < 4.78 is 11.3. The molecular weight excluding hydrogens is 284 g/mol. The minimum absolute atomic E-state index is 0.0508. The van der Waals surface area contributed by atoms with Crippen LogP contribution in [-0.4, -0.2) is 66.8 Å². The van der Waals surface area contributed by atoms with E-state index in [0.717, 1.165) is 18.1 Å². The van der Waals surface area contributed by atoms with E-state index in [4.69, 9.17) is 9.47 Å². The molecule has 2 heterocycles. The number of nitrogens with zero attached hydrogens (tertiary/aromatic N) is 3. The average Bonchev–Trinajstić information content (AvgIpc) is 2.70. The van der Waals surface area contributed by atoms with Gasteiger partial charge in [0, 0.05) is 40.0 Å². The van der Waals surface area contributed by atoms with Crippen molar-refractivity contribution in [1.29, 1.82) is 0 Å². The van der Waals surface area contributed by atoms with E-state index in [0.29, 0.717) is 26.3 Å². The molecule has 22 heavy (non-hydrogen) atoms. The van der Waals surface area contributed by atoms with Crippen LogP contribution < -0.4 is 5.32 Å². The van der Waals surface area contributed by atoms with Gasteiger partial charge >= 0.3 is 0 Å². The Bertz CT molecular complexity index is 511. The first-order valence-electron chi connectivity index (χ1n) is 7.41. The SMILES string of the molecule is CNC(=O)C[C@@]1(OC)COCCN(Cc2ccnc(C)n2)C1. The number of hydrogen-bond acceptors (Lipinski definition) is 6. The number of aryl methyl sites for hydroxylation is 1. The molecule has 0 saturated carbocycles. The van der Waals surface area contributed by atoms with Crippen LogP contribution in [-0.2, 0) is 20.8 Å². The van der Waals surface area contributed by atoms with Gasteiger partial charge in [0.2, 0.25) is 5.91 Å². The molecule has 1 aliphatic heterocycles. The van der Waals surface area contributed by atoms with Gasteiger partial charge in [-0.2, -0.15) is 0 Å². The molecule has 1 atom stereocenters. The lowest BCUT2D eigenvalue weighted by Crippen LogP contribution is -2.48. The Morgan fingerprint density at radius 2 is 2.41 bits per heavy atom. The summed E-state index contributed by atoms with van der Waals surface area (Å²) in [6.45, 7) is 4.99. The first-order chi connectivity index (χ1) is 10.6. The summed E-state index contributed by atoms with van der Waals surface area (Å²) in [6.07, 6.45) is 2.04. The predicted octanol–water partition coefficient (Wildman–Crippen LogP) is 0.139. The molecule has 0 radical (unpaired) electrons. The van der Waals surface area contributed by atoms with Crippen molar-refractivity contribution < 1.29 is 14.3 Å². The summed E-state index contributed by atoms with van der Waals surface area (Å²) in [4.78, 5) is 22.5. The average molecular weight is 308 g/mol. The van der Waals surface area contributed by atoms with Crippen LogP contribution in [0.2, 0.25) is 0 Å². The third-order valence-electron chi connectivity index (χ3n) is 3.84. The minimum atomic E-state index is -0.626. The van der Waals surface area contributed by atoms with E-state index in [1.54, 1.807) is 20.4 Å². The fraction of sp³-hybridized carbons (Fsp3) is 0.667. The molecule has 1 aliphatic rings. The van der Waals surface area contributed by atoms with Gasteiger partial charge in [-0.25, -0.2) is 9.97 Å². The third kappa shape index (κ3) is 4.46. The second-order valence-electron chi connectivity index (χ2n) is 5.60. The van der Waals surface area contributed by atoms with Crippen LogP contribution in [0.1, 0.15) is 17.9 Å². The first kappa shape index (κ1) is 16.8. The van der Waals surface area contributed by atoms with E-state index in [-0.39, 0.29) is 12.3 Å². The zero-order valence-corrected chi connectivity index (χ0v) is 13.5. The molecule has 0 aromatic carbocycles. The van der Waals surface area contributed by atoms with Crippen molar-refractivity contribution in [3.05, 3.63) is 23.8 Å². The fourth-order valence-corrected chi connectivity index (χ4v) is 2.62. The monoisotopic (exact) mass is 308 g/mol. The van der Waals surface area contributed by atoms with Crippen molar-refractivity contribution in [2.75, 3.05) is 40.5 Å². The van der Waals surface area contributed by atoms with Gasteiger partial charge in [0.05, 0.1) is 25.3 Å². The van der Waals surface area contributed by atoms with E-state index in [2.05, 4.69) is 20.2 Å². The number of methoxy groups -OCH3 is 1. The zero-order chi connectivity index (χ0) is 16.0. The quantitative estimate of drug-likeness (QED) is 0.834. The number of nitrogens with one attached hydrogen (secondary N) is 1. The molecule has 2 rings (SSSR count). The molecular formula is C15H24N4O3. The molecule has 0 unspecified atom stereocenters. The van der Waals surface area contributed by atoms with Crippen molar-refractivity contribution in [1.82, 2.24) is 20.2 Å². The first-order valence-corrected chi connectivity index (χ1v) is 7.41. The van der Waals surface area contributed by atoms with Gasteiger partial charge in [-0.1, -0.05) is 0 Å². The van der Waals surface area contributed by atoms with E-state index < -0.39 is 5.60 Å². The van der Waals surface area contributed by atoms with E-state index in [9.17, 15) is 4.79 Å². The smallest absolute Gasteiger partial charge is 0.222 e. The molecule has 1 N–H and O–H groups in total. The van der Waals surface area contributed by atoms with Crippen LogP contribution in [0, 0.1) is 6.92 Å². The van der Waals surface area contributed by atoms with Crippen LogP contribution in [0.15, 0.2) is 12.3 Å². The highest BCUT2D eigenvalue weighted by Crippen LogP contribution is 2.21. The maximum Gasteiger partial charge on any atom is 0.222 e. The van der Waals surface area contributed by atoms with E-state index >= 15 is 0 Å². The molecule has 1 amide bonds. The van der Waals surface area contributed by atoms with Gasteiger partial charge in [0.15, 0.2) is 0 Å². The van der Waals surface area contributed by atoms with Crippen molar-refractivity contribution in [2.24, 2.45) is 0 Å². The summed E-state index contributed by atoms with van der Waals surface area (Å²) in [7, 11) is 3.26. The van der Waals surface area contributed by atoms with Crippen LogP contribution in [0.25, 0.3) is 0 Å². The second-order valence-corrected chi connectivity index (χ2v) is 5.60. The number of carbonyl (C=O) groups excluding carboxylic acids is 1. The Hall–Kier alpha value is -1.57. The lowest BCUT2D eigenvalue weighted by molar-refractivity contribution is -0.132. The lowest BCUT2D eigenvalue weighted by atomic mass is 9.99. The van der Waals surface area contributed by atoms with Gasteiger partial charge in [-0.15, -0.1) is 0 Å². The van der Waals surface area contributed by atoms with Crippen LogP contribution in [0.4, 0.5) is 0 Å². The van der Waals surface area contributed by atoms with E-state index in [1.165, 1.54) is 0 Å². The minimum Gasteiger partial charge on any atom is -0.377 e. The van der Waals surface area contributed by atoms with Crippen LogP contribution in [0.5, 0.6) is 0 Å². The summed E-state index contributed by atoms with van der Waals surface area (Å²) in [5, 5.41) is 2.65. The van der Waals surface area contributed by atoms with Crippen molar-refractivity contribution in [3.8, 4) is 0 Å². The second kappa shape index (κ2) is 7.62. The normalized spacial score (nSPS) is 23.0. The van der Waals surface area contributed by atoms with Crippen molar-refractivity contribution >= 4 is 5.91 Å². The molecule has 7 heteroatoms. The molecule has 1 aromatic rings. The summed E-state index contributed by atoms with van der Waals surface area (Å²) in [6, 6.07) is 1.91. The molecule has 1 fully saturated rings. The Labute approximate surface area is 131 Å². The topological polar surface area (TPSA) is 76.6 Å².